The third-order valence-electron chi connectivity index (χ3n) is 4.95. The fourth-order valence-electron chi connectivity index (χ4n) is 3.46. The number of nitrogens with zero attached hydrogens (tertiary/aromatic N) is 1. The SMILES string of the molecule is Cc1cc(C(=O)O)c2cc(Cc3ccc(F)cc3)cnc2c1OCc1ccccc1. The topological polar surface area (TPSA) is 59.4 Å². The highest BCUT2D eigenvalue weighted by Crippen LogP contribution is 2.32. The summed E-state index contributed by atoms with van der Waals surface area (Å²) in [6.45, 7) is 2.18. The van der Waals surface area contributed by atoms with Gasteiger partial charge in [0.15, 0.2) is 0 Å². The number of carboxylic acid groups (broad SMARTS) is 1. The van der Waals surface area contributed by atoms with Gasteiger partial charge in [-0.25, -0.2) is 9.18 Å². The van der Waals surface area contributed by atoms with Gasteiger partial charge in [0, 0.05) is 11.6 Å². The zero-order valence-corrected chi connectivity index (χ0v) is 16.4. The number of aromatic carboxylic acids is 1. The lowest BCUT2D eigenvalue weighted by Crippen LogP contribution is -2.04. The third-order valence-corrected chi connectivity index (χ3v) is 4.95. The number of aromatic nitrogens is 1. The van der Waals surface area contributed by atoms with Crippen molar-refractivity contribution in [3.63, 3.8) is 0 Å². The molecular weight excluding hydrogens is 381 g/mol. The molecular formula is C25H20FNO3. The maximum Gasteiger partial charge on any atom is 0.336 e. The van der Waals surface area contributed by atoms with E-state index in [1.807, 2.05) is 43.3 Å². The highest BCUT2D eigenvalue weighted by molar-refractivity contribution is 6.05. The molecule has 4 nitrogen and oxygen atoms in total. The molecule has 4 aromatic rings. The van der Waals surface area contributed by atoms with Crippen LogP contribution in [0.5, 0.6) is 5.75 Å². The molecule has 0 atom stereocenters. The average Bonchev–Trinajstić information content (AvgIpc) is 2.75. The molecule has 30 heavy (non-hydrogen) atoms. The van der Waals surface area contributed by atoms with Crippen LogP contribution in [0.1, 0.15) is 32.6 Å². The summed E-state index contributed by atoms with van der Waals surface area (Å²) in [4.78, 5) is 16.4. The Labute approximate surface area is 173 Å². The first-order valence-electron chi connectivity index (χ1n) is 9.58. The first kappa shape index (κ1) is 19.6. The predicted octanol–water partition coefficient (Wildman–Crippen LogP) is 5.55. The minimum Gasteiger partial charge on any atom is -0.486 e. The summed E-state index contributed by atoms with van der Waals surface area (Å²) in [5.41, 5.74) is 4.20. The lowest BCUT2D eigenvalue weighted by molar-refractivity contribution is 0.0699. The van der Waals surface area contributed by atoms with Crippen LogP contribution in [-0.2, 0) is 13.0 Å². The van der Waals surface area contributed by atoms with Crippen molar-refractivity contribution in [1.29, 1.82) is 0 Å². The minimum atomic E-state index is -1.02. The zero-order valence-electron chi connectivity index (χ0n) is 16.4. The number of aryl methyl sites for hydroxylation is 1. The van der Waals surface area contributed by atoms with Crippen LogP contribution in [0.25, 0.3) is 10.9 Å². The molecule has 0 radical (unpaired) electrons. The summed E-state index contributed by atoms with van der Waals surface area (Å²) in [7, 11) is 0. The molecule has 0 saturated carbocycles. The molecule has 1 heterocycles. The van der Waals surface area contributed by atoms with Crippen LogP contribution in [-0.4, -0.2) is 16.1 Å². The fourth-order valence-corrected chi connectivity index (χ4v) is 3.46. The molecule has 0 aliphatic heterocycles. The van der Waals surface area contributed by atoms with Crippen molar-refractivity contribution >= 4 is 16.9 Å². The summed E-state index contributed by atoms with van der Waals surface area (Å²) < 4.78 is 19.2. The van der Waals surface area contributed by atoms with Gasteiger partial charge in [0.2, 0.25) is 0 Å². The van der Waals surface area contributed by atoms with Crippen molar-refractivity contribution in [2.75, 3.05) is 0 Å². The van der Waals surface area contributed by atoms with Crippen LogP contribution < -0.4 is 4.74 Å². The van der Waals surface area contributed by atoms with Gasteiger partial charge in [0.25, 0.3) is 0 Å². The van der Waals surface area contributed by atoms with E-state index >= 15 is 0 Å². The van der Waals surface area contributed by atoms with Crippen LogP contribution in [0.4, 0.5) is 4.39 Å². The summed E-state index contributed by atoms with van der Waals surface area (Å²) in [5, 5.41) is 10.2. The predicted molar refractivity (Wildman–Crippen MR) is 113 cm³/mol. The molecule has 0 aliphatic carbocycles. The van der Waals surface area contributed by atoms with Crippen molar-refractivity contribution < 1.29 is 19.0 Å². The van der Waals surface area contributed by atoms with Gasteiger partial charge in [-0.3, -0.25) is 4.98 Å². The van der Waals surface area contributed by atoms with E-state index in [0.29, 0.717) is 29.7 Å². The fraction of sp³-hybridized carbons (Fsp3) is 0.120. The molecule has 0 fully saturated rings. The summed E-state index contributed by atoms with van der Waals surface area (Å²) in [6.07, 6.45) is 2.24. The molecule has 0 saturated heterocycles. The van der Waals surface area contributed by atoms with E-state index in [0.717, 1.165) is 22.3 Å². The first-order chi connectivity index (χ1) is 14.5. The lowest BCUT2D eigenvalue weighted by Gasteiger charge is -2.14. The second-order valence-electron chi connectivity index (χ2n) is 7.19. The third kappa shape index (κ3) is 4.15. The number of pyridine rings is 1. The van der Waals surface area contributed by atoms with E-state index in [9.17, 15) is 14.3 Å². The highest BCUT2D eigenvalue weighted by Gasteiger charge is 2.17. The maximum atomic E-state index is 13.2. The molecule has 0 amide bonds. The Balaban J connectivity index is 1.73. The lowest BCUT2D eigenvalue weighted by atomic mass is 9.99. The molecule has 5 heteroatoms. The van der Waals surface area contributed by atoms with Gasteiger partial charge in [-0.2, -0.15) is 0 Å². The highest BCUT2D eigenvalue weighted by atomic mass is 19.1. The molecule has 0 bridgehead atoms. The van der Waals surface area contributed by atoms with Crippen LogP contribution in [0.3, 0.4) is 0 Å². The second kappa shape index (κ2) is 8.33. The van der Waals surface area contributed by atoms with Crippen LogP contribution in [0.15, 0.2) is 72.9 Å². The number of rotatable bonds is 6. The van der Waals surface area contributed by atoms with E-state index < -0.39 is 5.97 Å². The molecule has 0 aliphatic rings. The Morgan fingerprint density at radius 3 is 2.43 bits per heavy atom. The number of ether oxygens (including phenoxy) is 1. The summed E-state index contributed by atoms with van der Waals surface area (Å²) >= 11 is 0. The van der Waals surface area contributed by atoms with Crippen molar-refractivity contribution in [1.82, 2.24) is 4.98 Å². The monoisotopic (exact) mass is 401 g/mol. The Kier molecular flexibility index (Phi) is 5.44. The summed E-state index contributed by atoms with van der Waals surface area (Å²) in [6, 6.07) is 19.4. The van der Waals surface area contributed by atoms with Crippen molar-refractivity contribution in [3.8, 4) is 5.75 Å². The number of carboxylic acids is 1. The molecule has 150 valence electrons. The quantitative estimate of drug-likeness (QED) is 0.460. The Morgan fingerprint density at radius 2 is 1.73 bits per heavy atom. The number of carbonyl (C=O) groups is 1. The van der Waals surface area contributed by atoms with Gasteiger partial charge in [-0.05, 0) is 59.9 Å². The smallest absolute Gasteiger partial charge is 0.336 e. The standard InChI is InChI=1S/C25H20FNO3/c1-16-11-22(25(28)29)21-13-19(12-17-7-9-20(26)10-8-17)14-27-23(21)24(16)30-15-18-5-3-2-4-6-18/h2-11,13-14H,12,15H2,1H3,(H,28,29). The molecule has 1 N–H and O–H groups in total. The van der Waals surface area contributed by atoms with Crippen molar-refractivity contribution in [2.45, 2.75) is 20.0 Å². The Bertz CT molecular complexity index is 1200. The zero-order chi connectivity index (χ0) is 21.1. The number of hydrogen-bond acceptors (Lipinski definition) is 3. The minimum absolute atomic E-state index is 0.183. The molecule has 0 unspecified atom stereocenters. The molecule has 0 spiro atoms. The Morgan fingerprint density at radius 1 is 1.00 bits per heavy atom. The summed E-state index contributed by atoms with van der Waals surface area (Å²) in [5.74, 6) is -0.732. The number of benzene rings is 3. The van der Waals surface area contributed by atoms with Gasteiger partial charge >= 0.3 is 5.97 Å². The van der Waals surface area contributed by atoms with Crippen molar-refractivity contribution in [2.24, 2.45) is 0 Å². The van der Waals surface area contributed by atoms with E-state index in [4.69, 9.17) is 4.74 Å². The van der Waals surface area contributed by atoms with Crippen molar-refractivity contribution in [3.05, 3.63) is 107 Å². The van der Waals surface area contributed by atoms with Gasteiger partial charge in [-0.1, -0.05) is 42.5 Å². The van der Waals surface area contributed by atoms with E-state index in [-0.39, 0.29) is 11.4 Å². The molecule has 4 rings (SSSR count). The average molecular weight is 401 g/mol. The number of halogens is 1. The van der Waals surface area contributed by atoms with Gasteiger partial charge in [-0.15, -0.1) is 0 Å². The number of fused-ring (bicyclic) bond motifs is 1. The van der Waals surface area contributed by atoms with E-state index in [1.54, 1.807) is 24.4 Å². The van der Waals surface area contributed by atoms with E-state index in [2.05, 4.69) is 4.98 Å². The Hall–Kier alpha value is -3.73. The van der Waals surface area contributed by atoms with E-state index in [1.165, 1.54) is 12.1 Å². The van der Waals surface area contributed by atoms with Crippen LogP contribution in [0.2, 0.25) is 0 Å². The van der Waals surface area contributed by atoms with Gasteiger partial charge < -0.3 is 9.84 Å². The number of hydrogen-bond donors (Lipinski definition) is 1. The first-order valence-corrected chi connectivity index (χ1v) is 9.58. The van der Waals surface area contributed by atoms with Crippen LogP contribution in [0, 0.1) is 12.7 Å². The van der Waals surface area contributed by atoms with Gasteiger partial charge in [0.05, 0.1) is 5.56 Å². The van der Waals surface area contributed by atoms with Gasteiger partial charge in [0.1, 0.15) is 23.7 Å². The largest absolute Gasteiger partial charge is 0.486 e. The second-order valence-corrected chi connectivity index (χ2v) is 7.19. The van der Waals surface area contributed by atoms with Crippen LogP contribution >= 0.6 is 0 Å². The maximum absolute atomic E-state index is 13.2. The molecule has 1 aromatic heterocycles. The normalized spacial score (nSPS) is 10.9. The molecule has 3 aromatic carbocycles.